The van der Waals surface area contributed by atoms with Gasteiger partial charge in [-0.05, 0) is 37.0 Å². The Morgan fingerprint density at radius 3 is 2.72 bits per heavy atom. The van der Waals surface area contributed by atoms with Crippen molar-refractivity contribution in [1.82, 2.24) is 20.3 Å². The van der Waals surface area contributed by atoms with Gasteiger partial charge < -0.3 is 15.4 Å². The molecule has 0 radical (unpaired) electrons. The number of amides is 2. The Bertz CT molecular complexity index is 737. The average Bonchev–Trinajstić information content (AvgIpc) is 3.38. The lowest BCUT2D eigenvalue weighted by Gasteiger charge is -2.06. The largest absolute Gasteiger partial charge is 0.497 e. The average molecular weight is 343 g/mol. The molecule has 1 heterocycles. The number of hydrogen-bond acceptors (Lipinski definition) is 5. The van der Waals surface area contributed by atoms with E-state index in [0.717, 1.165) is 30.6 Å². The van der Waals surface area contributed by atoms with Crippen molar-refractivity contribution >= 4 is 17.6 Å². The molecule has 132 valence electrons. The topological polar surface area (TPSA) is 98.1 Å². The molecule has 8 nitrogen and oxygen atoms in total. The molecule has 25 heavy (non-hydrogen) atoms. The van der Waals surface area contributed by atoms with E-state index in [1.807, 2.05) is 24.3 Å². The summed E-state index contributed by atoms with van der Waals surface area (Å²) in [6, 6.07) is 7.72. The van der Waals surface area contributed by atoms with Crippen LogP contribution in [0.1, 0.15) is 18.4 Å². The van der Waals surface area contributed by atoms with Crippen LogP contribution < -0.4 is 15.4 Å². The van der Waals surface area contributed by atoms with Crippen molar-refractivity contribution in [3.8, 4) is 5.75 Å². The molecule has 1 saturated carbocycles. The van der Waals surface area contributed by atoms with E-state index in [1.165, 1.54) is 4.68 Å². The fourth-order valence-corrected chi connectivity index (χ4v) is 2.35. The molecule has 0 atom stereocenters. The zero-order valence-electron chi connectivity index (χ0n) is 14.1. The van der Waals surface area contributed by atoms with Crippen molar-refractivity contribution < 1.29 is 14.3 Å². The SMILES string of the molecule is COc1ccc(CCNC(=O)Cn2cc(NC(=O)C3CC3)nn2)cc1. The molecule has 2 N–H and O–H groups in total. The Labute approximate surface area is 145 Å². The van der Waals surface area contributed by atoms with Gasteiger partial charge in [0.2, 0.25) is 11.8 Å². The van der Waals surface area contributed by atoms with Crippen molar-refractivity contribution in [2.45, 2.75) is 25.8 Å². The van der Waals surface area contributed by atoms with Gasteiger partial charge in [0, 0.05) is 12.5 Å². The smallest absolute Gasteiger partial charge is 0.241 e. The Morgan fingerprint density at radius 2 is 2.04 bits per heavy atom. The molecule has 0 aliphatic heterocycles. The van der Waals surface area contributed by atoms with Gasteiger partial charge >= 0.3 is 0 Å². The molecule has 0 bridgehead atoms. The first kappa shape index (κ1) is 16.9. The summed E-state index contributed by atoms with van der Waals surface area (Å²) in [4.78, 5) is 23.6. The monoisotopic (exact) mass is 343 g/mol. The lowest BCUT2D eigenvalue weighted by Crippen LogP contribution is -2.29. The minimum atomic E-state index is -0.154. The first-order chi connectivity index (χ1) is 12.1. The molecule has 1 aromatic carbocycles. The summed E-state index contributed by atoms with van der Waals surface area (Å²) in [6.45, 7) is 0.597. The van der Waals surface area contributed by atoms with Crippen molar-refractivity contribution in [2.75, 3.05) is 19.0 Å². The third kappa shape index (κ3) is 5.03. The molecule has 1 fully saturated rings. The highest BCUT2D eigenvalue weighted by molar-refractivity contribution is 5.93. The second-order valence-corrected chi connectivity index (χ2v) is 6.01. The van der Waals surface area contributed by atoms with Gasteiger partial charge in [0.25, 0.3) is 0 Å². The van der Waals surface area contributed by atoms with Crippen LogP contribution >= 0.6 is 0 Å². The van der Waals surface area contributed by atoms with Crippen LogP contribution in [0, 0.1) is 5.92 Å². The number of carbonyl (C=O) groups is 2. The Morgan fingerprint density at radius 1 is 1.28 bits per heavy atom. The van der Waals surface area contributed by atoms with Crippen LogP contribution in [0.4, 0.5) is 5.82 Å². The number of nitrogens with zero attached hydrogens (tertiary/aromatic N) is 3. The second-order valence-electron chi connectivity index (χ2n) is 6.01. The molecular formula is C17H21N5O3. The number of benzene rings is 1. The van der Waals surface area contributed by atoms with Crippen LogP contribution in [-0.4, -0.2) is 40.5 Å². The van der Waals surface area contributed by atoms with Crippen LogP contribution in [0.5, 0.6) is 5.75 Å². The highest BCUT2D eigenvalue weighted by atomic mass is 16.5. The van der Waals surface area contributed by atoms with E-state index in [9.17, 15) is 9.59 Å². The van der Waals surface area contributed by atoms with E-state index >= 15 is 0 Å². The molecule has 2 amide bonds. The molecule has 0 unspecified atom stereocenters. The van der Waals surface area contributed by atoms with Crippen LogP contribution in [0.3, 0.4) is 0 Å². The summed E-state index contributed by atoms with van der Waals surface area (Å²) >= 11 is 0. The highest BCUT2D eigenvalue weighted by Gasteiger charge is 2.30. The molecule has 8 heteroatoms. The van der Waals surface area contributed by atoms with Gasteiger partial charge in [-0.2, -0.15) is 0 Å². The minimum absolute atomic E-state index is 0.0315. The lowest BCUT2D eigenvalue weighted by atomic mass is 10.1. The van der Waals surface area contributed by atoms with Crippen LogP contribution in [0.15, 0.2) is 30.5 Å². The quantitative estimate of drug-likeness (QED) is 0.745. The Balaban J connectivity index is 1.39. The number of rotatable bonds is 8. The summed E-state index contributed by atoms with van der Waals surface area (Å²) in [5.74, 6) is 1.10. The normalized spacial score (nSPS) is 13.3. The molecule has 0 saturated heterocycles. The predicted octanol–water partition coefficient (Wildman–Crippen LogP) is 0.994. The van der Waals surface area contributed by atoms with Crippen molar-refractivity contribution in [2.24, 2.45) is 5.92 Å². The summed E-state index contributed by atoms with van der Waals surface area (Å²) in [6.07, 6.45) is 4.15. The number of ether oxygens (including phenoxy) is 1. The Kier molecular flexibility index (Phi) is 5.27. The molecule has 1 aliphatic carbocycles. The molecular weight excluding hydrogens is 322 g/mol. The first-order valence-corrected chi connectivity index (χ1v) is 8.24. The van der Waals surface area contributed by atoms with Gasteiger partial charge in [-0.15, -0.1) is 5.10 Å². The van der Waals surface area contributed by atoms with E-state index < -0.39 is 0 Å². The maximum absolute atomic E-state index is 11.9. The van der Waals surface area contributed by atoms with Gasteiger partial charge in [0.15, 0.2) is 5.82 Å². The fourth-order valence-electron chi connectivity index (χ4n) is 2.35. The summed E-state index contributed by atoms with van der Waals surface area (Å²) in [5, 5.41) is 13.2. The zero-order chi connectivity index (χ0) is 17.6. The number of aromatic nitrogens is 3. The summed E-state index contributed by atoms with van der Waals surface area (Å²) in [5.41, 5.74) is 1.12. The highest BCUT2D eigenvalue weighted by Crippen LogP contribution is 2.29. The third-order valence-corrected chi connectivity index (χ3v) is 3.94. The Hall–Kier alpha value is -2.90. The van der Waals surface area contributed by atoms with Crippen LogP contribution in [0.2, 0.25) is 0 Å². The van der Waals surface area contributed by atoms with E-state index in [-0.39, 0.29) is 24.3 Å². The lowest BCUT2D eigenvalue weighted by molar-refractivity contribution is -0.121. The summed E-state index contributed by atoms with van der Waals surface area (Å²) < 4.78 is 6.52. The third-order valence-electron chi connectivity index (χ3n) is 3.94. The van der Waals surface area contributed by atoms with Crippen molar-refractivity contribution in [1.29, 1.82) is 0 Å². The molecule has 1 aliphatic rings. The maximum Gasteiger partial charge on any atom is 0.241 e. The number of nitrogens with one attached hydrogen (secondary N) is 2. The van der Waals surface area contributed by atoms with Crippen molar-refractivity contribution in [3.63, 3.8) is 0 Å². The van der Waals surface area contributed by atoms with Gasteiger partial charge in [-0.25, -0.2) is 4.68 Å². The first-order valence-electron chi connectivity index (χ1n) is 8.24. The van der Waals surface area contributed by atoms with Crippen molar-refractivity contribution in [3.05, 3.63) is 36.0 Å². The maximum atomic E-state index is 11.9. The van der Waals surface area contributed by atoms with Gasteiger partial charge in [-0.3, -0.25) is 9.59 Å². The standard InChI is InChI=1S/C17H21N5O3/c1-25-14-6-2-12(3-7-14)8-9-18-16(23)11-22-10-15(20-21-22)19-17(24)13-4-5-13/h2-3,6-7,10,13H,4-5,8-9,11H2,1H3,(H,18,23)(H,19,24). The summed E-state index contributed by atoms with van der Waals surface area (Å²) in [7, 11) is 1.63. The number of anilines is 1. The number of hydrogen-bond donors (Lipinski definition) is 2. The fraction of sp³-hybridized carbons (Fsp3) is 0.412. The minimum Gasteiger partial charge on any atom is -0.497 e. The second kappa shape index (κ2) is 7.78. The number of methoxy groups -OCH3 is 1. The van der Waals surface area contributed by atoms with Gasteiger partial charge in [-0.1, -0.05) is 17.3 Å². The van der Waals surface area contributed by atoms with E-state index in [0.29, 0.717) is 12.4 Å². The molecule has 3 rings (SSSR count). The number of carbonyl (C=O) groups excluding carboxylic acids is 2. The molecule has 1 aromatic heterocycles. The molecule has 2 aromatic rings. The van der Waals surface area contributed by atoms with E-state index in [2.05, 4.69) is 20.9 Å². The van der Waals surface area contributed by atoms with E-state index in [1.54, 1.807) is 13.3 Å². The van der Waals surface area contributed by atoms with Crippen LogP contribution in [0.25, 0.3) is 0 Å². The predicted molar refractivity (Wildman–Crippen MR) is 91.1 cm³/mol. The zero-order valence-corrected chi connectivity index (χ0v) is 14.1. The van der Waals surface area contributed by atoms with E-state index in [4.69, 9.17) is 4.74 Å². The van der Waals surface area contributed by atoms with Gasteiger partial charge in [0.05, 0.1) is 13.3 Å². The molecule has 0 spiro atoms. The van der Waals surface area contributed by atoms with Crippen LogP contribution in [-0.2, 0) is 22.6 Å². The van der Waals surface area contributed by atoms with Gasteiger partial charge in [0.1, 0.15) is 12.3 Å².